The number of alkyl halides is 3. The molecule has 0 aliphatic carbocycles. The lowest BCUT2D eigenvalue weighted by atomic mass is 10.1. The first-order valence-corrected chi connectivity index (χ1v) is 9.99. The van der Waals surface area contributed by atoms with Gasteiger partial charge in [0, 0.05) is 5.56 Å². The number of hydrogen-bond acceptors (Lipinski definition) is 4. The first-order valence-electron chi connectivity index (χ1n) is 8.20. The molecule has 0 radical (unpaired) electrons. The topological polar surface area (TPSA) is 46.6 Å². The lowest BCUT2D eigenvalue weighted by Crippen LogP contribution is -2.28. The second-order valence-corrected chi connectivity index (χ2v) is 7.92. The van der Waals surface area contributed by atoms with Crippen molar-refractivity contribution in [2.75, 3.05) is 19.6 Å². The van der Waals surface area contributed by atoms with E-state index in [1.54, 1.807) is 0 Å². The highest BCUT2D eigenvalue weighted by atomic mass is 35.5. The summed E-state index contributed by atoms with van der Waals surface area (Å²) >= 11 is 5.82. The summed E-state index contributed by atoms with van der Waals surface area (Å²) in [5, 5.41) is -0.254. The maximum atomic E-state index is 12.3. The minimum Gasteiger partial charge on any atom is -0.374 e. The molecule has 0 unspecified atom stereocenters. The van der Waals surface area contributed by atoms with Gasteiger partial charge in [0.05, 0.1) is 11.6 Å². The molecule has 1 aromatic carbocycles. The van der Waals surface area contributed by atoms with E-state index in [1.165, 1.54) is 31.4 Å². The van der Waals surface area contributed by atoms with E-state index in [-0.39, 0.29) is 5.02 Å². The van der Waals surface area contributed by atoms with Gasteiger partial charge in [-0.1, -0.05) is 42.7 Å². The molecule has 0 atom stereocenters. The van der Waals surface area contributed by atoms with Crippen LogP contribution in [-0.2, 0) is 10.1 Å². The van der Waals surface area contributed by atoms with Crippen LogP contribution in [0, 0.1) is 11.8 Å². The summed E-state index contributed by atoms with van der Waals surface area (Å²) in [4.78, 5) is 2.27. The molecule has 9 heteroatoms. The molecule has 144 valence electrons. The van der Waals surface area contributed by atoms with Crippen molar-refractivity contribution in [3.63, 3.8) is 0 Å². The van der Waals surface area contributed by atoms with Crippen LogP contribution in [0.25, 0.3) is 0 Å². The average Bonchev–Trinajstić information content (AvgIpc) is 2.50. The van der Waals surface area contributed by atoms with E-state index in [0.717, 1.165) is 32.0 Å². The number of rotatable bonds is 3. The van der Waals surface area contributed by atoms with E-state index < -0.39 is 21.4 Å². The maximum absolute atomic E-state index is 12.3. The molecule has 1 aliphatic rings. The summed E-state index contributed by atoms with van der Waals surface area (Å²) in [5.41, 5.74) is -5.04. The van der Waals surface area contributed by atoms with Crippen molar-refractivity contribution in [3.05, 3.63) is 28.8 Å². The number of halogens is 4. The number of hydrogen-bond donors (Lipinski definition) is 0. The van der Waals surface area contributed by atoms with E-state index in [4.69, 9.17) is 11.6 Å². The molecule has 1 heterocycles. The second-order valence-electron chi connectivity index (χ2n) is 5.97. The smallest absolute Gasteiger partial charge is 0.374 e. The zero-order valence-electron chi connectivity index (χ0n) is 14.0. The molecule has 0 saturated carbocycles. The molecule has 0 amide bonds. The molecule has 1 aliphatic heterocycles. The van der Waals surface area contributed by atoms with E-state index in [2.05, 4.69) is 20.9 Å². The highest BCUT2D eigenvalue weighted by molar-refractivity contribution is 7.88. The third kappa shape index (κ3) is 6.08. The molecule has 1 saturated heterocycles. The highest BCUT2D eigenvalue weighted by Gasteiger charge is 2.48. The minimum absolute atomic E-state index is 0.254. The minimum atomic E-state index is -5.75. The summed E-state index contributed by atoms with van der Waals surface area (Å²) in [6.07, 6.45) is 6.01. The van der Waals surface area contributed by atoms with Gasteiger partial charge in [0.25, 0.3) is 0 Å². The van der Waals surface area contributed by atoms with Gasteiger partial charge in [0.15, 0.2) is 5.75 Å². The fourth-order valence-electron chi connectivity index (χ4n) is 2.54. The Bertz CT molecular complexity index is 777. The van der Waals surface area contributed by atoms with Crippen LogP contribution >= 0.6 is 11.6 Å². The van der Waals surface area contributed by atoms with Crippen LogP contribution < -0.4 is 4.18 Å². The Balaban J connectivity index is 2.01. The molecule has 4 nitrogen and oxygen atoms in total. The molecule has 0 spiro atoms. The zero-order chi connectivity index (χ0) is 19.2. The van der Waals surface area contributed by atoms with Gasteiger partial charge in [-0.2, -0.15) is 21.6 Å². The Morgan fingerprint density at radius 1 is 1.12 bits per heavy atom. The Labute approximate surface area is 156 Å². The number of likely N-dealkylation sites (tertiary alicyclic amines) is 1. The van der Waals surface area contributed by atoms with Crippen LogP contribution in [0.5, 0.6) is 5.75 Å². The summed E-state index contributed by atoms with van der Waals surface area (Å²) in [6, 6.07) is 3.71. The van der Waals surface area contributed by atoms with Gasteiger partial charge in [0.1, 0.15) is 0 Å². The van der Waals surface area contributed by atoms with Crippen molar-refractivity contribution in [3.8, 4) is 17.6 Å². The largest absolute Gasteiger partial charge is 0.534 e. The van der Waals surface area contributed by atoms with Crippen molar-refractivity contribution in [1.82, 2.24) is 4.90 Å². The quantitative estimate of drug-likeness (QED) is 0.426. The molecule has 0 bridgehead atoms. The van der Waals surface area contributed by atoms with Crippen LogP contribution in [0.2, 0.25) is 5.02 Å². The molecule has 0 N–H and O–H groups in total. The first kappa shape index (κ1) is 20.9. The Morgan fingerprint density at radius 3 is 2.31 bits per heavy atom. The molecule has 1 aromatic rings. The van der Waals surface area contributed by atoms with Gasteiger partial charge >= 0.3 is 15.6 Å². The predicted octanol–water partition coefficient (Wildman–Crippen LogP) is 4.19. The van der Waals surface area contributed by atoms with E-state index in [9.17, 15) is 21.6 Å². The van der Waals surface area contributed by atoms with Gasteiger partial charge in [-0.25, -0.2) is 0 Å². The first-order chi connectivity index (χ1) is 12.2. The Morgan fingerprint density at radius 2 is 1.73 bits per heavy atom. The number of benzene rings is 1. The lowest BCUT2D eigenvalue weighted by Gasteiger charge is -2.21. The fraction of sp³-hybridized carbons (Fsp3) is 0.529. The third-order valence-electron chi connectivity index (χ3n) is 3.90. The molecule has 1 fully saturated rings. The SMILES string of the molecule is O=S(=O)(Oc1ccc(C#CCN2CCCCCCC2)cc1Cl)C(F)(F)F. The van der Waals surface area contributed by atoms with Crippen molar-refractivity contribution in [1.29, 1.82) is 0 Å². The Hall–Kier alpha value is -1.43. The van der Waals surface area contributed by atoms with Crippen LogP contribution in [0.4, 0.5) is 13.2 Å². The van der Waals surface area contributed by atoms with Gasteiger partial charge in [-0.15, -0.1) is 0 Å². The van der Waals surface area contributed by atoms with Crippen LogP contribution in [0.1, 0.15) is 37.7 Å². The van der Waals surface area contributed by atoms with Crippen molar-refractivity contribution in [2.24, 2.45) is 0 Å². The molecular weight excluding hydrogens is 391 g/mol. The summed E-state index contributed by atoms with van der Waals surface area (Å²) in [6.45, 7) is 2.59. The molecule has 26 heavy (non-hydrogen) atoms. The molecular formula is C17H19ClF3NO3S. The fourth-order valence-corrected chi connectivity index (χ4v) is 3.28. The van der Waals surface area contributed by atoms with Crippen molar-refractivity contribution >= 4 is 21.7 Å². The van der Waals surface area contributed by atoms with Crippen molar-refractivity contribution < 1.29 is 25.8 Å². The van der Waals surface area contributed by atoms with Gasteiger partial charge in [0.2, 0.25) is 0 Å². The standard InChI is InChI=1S/C17H19ClF3NO3S/c18-15-13-14(7-6-12-22-10-4-2-1-3-5-11-22)8-9-16(15)25-26(23,24)17(19,20)21/h8-9,13H,1-5,10-12H2. The summed E-state index contributed by atoms with van der Waals surface area (Å²) in [5.74, 6) is 5.32. The van der Waals surface area contributed by atoms with E-state index >= 15 is 0 Å². The van der Waals surface area contributed by atoms with Gasteiger partial charge < -0.3 is 4.18 Å². The molecule has 2 rings (SSSR count). The summed E-state index contributed by atoms with van der Waals surface area (Å²) < 4.78 is 63.1. The lowest BCUT2D eigenvalue weighted by molar-refractivity contribution is -0.0500. The van der Waals surface area contributed by atoms with Crippen LogP contribution in [0.3, 0.4) is 0 Å². The van der Waals surface area contributed by atoms with E-state index in [1.807, 2.05) is 0 Å². The maximum Gasteiger partial charge on any atom is 0.534 e. The average molecular weight is 410 g/mol. The predicted molar refractivity (Wildman–Crippen MR) is 93.5 cm³/mol. The number of nitrogens with zero attached hydrogens (tertiary/aromatic N) is 1. The normalized spacial score (nSPS) is 16.9. The van der Waals surface area contributed by atoms with E-state index in [0.29, 0.717) is 12.1 Å². The zero-order valence-corrected chi connectivity index (χ0v) is 15.6. The molecule has 0 aromatic heterocycles. The third-order valence-corrected chi connectivity index (χ3v) is 5.16. The van der Waals surface area contributed by atoms with Crippen LogP contribution in [0.15, 0.2) is 18.2 Å². The van der Waals surface area contributed by atoms with Gasteiger partial charge in [-0.05, 0) is 44.1 Å². The van der Waals surface area contributed by atoms with Gasteiger partial charge in [-0.3, -0.25) is 4.90 Å². The monoisotopic (exact) mass is 409 g/mol. The Kier molecular flexibility index (Phi) is 7.21. The summed E-state index contributed by atoms with van der Waals surface area (Å²) in [7, 11) is -5.75. The van der Waals surface area contributed by atoms with Crippen molar-refractivity contribution in [2.45, 2.75) is 37.6 Å². The van der Waals surface area contributed by atoms with Crippen LogP contribution in [-0.4, -0.2) is 38.5 Å². The second kappa shape index (κ2) is 8.98. The highest BCUT2D eigenvalue weighted by Crippen LogP contribution is 2.31.